The molecule has 0 fully saturated rings. The summed E-state index contributed by atoms with van der Waals surface area (Å²) in [6, 6.07) is 6.10. The number of hydrogen-bond acceptors (Lipinski definition) is 4. The number of hydrogen-bond donors (Lipinski definition) is 1. The van der Waals surface area contributed by atoms with Gasteiger partial charge in [-0.2, -0.15) is 0 Å². The number of ether oxygens (including phenoxy) is 1. The van der Waals surface area contributed by atoms with Gasteiger partial charge in [0.25, 0.3) is 0 Å². The molecule has 1 atom stereocenters. The van der Waals surface area contributed by atoms with E-state index in [2.05, 4.69) is 4.74 Å². The van der Waals surface area contributed by atoms with Crippen LogP contribution in [0, 0.1) is 0 Å². The molecule has 2 N–H and O–H groups in total. The molecule has 88 valence electrons. The number of rotatable bonds is 3. The Kier molecular flexibility index (Phi) is 3.89. The fourth-order valence-corrected chi connectivity index (χ4v) is 2.78. The summed E-state index contributed by atoms with van der Waals surface area (Å²) in [6.07, 6.45) is 0. The summed E-state index contributed by atoms with van der Waals surface area (Å²) in [5.74, 6) is -0.527. The van der Waals surface area contributed by atoms with Gasteiger partial charge in [0.15, 0.2) is 0 Å². The van der Waals surface area contributed by atoms with Crippen LogP contribution in [0.5, 0.6) is 0 Å². The summed E-state index contributed by atoms with van der Waals surface area (Å²) in [6.45, 7) is 3.30. The summed E-state index contributed by atoms with van der Waals surface area (Å²) in [5, 5.41) is 0.632. The molecule has 0 heterocycles. The third kappa shape index (κ3) is 2.71. The van der Waals surface area contributed by atoms with E-state index in [0.717, 1.165) is 0 Å². The molecule has 0 aliphatic heterocycles. The molecule has 1 unspecified atom stereocenters. The minimum absolute atomic E-state index is 0.527. The molecule has 1 aromatic rings. The molecule has 0 aromatic heterocycles. The van der Waals surface area contributed by atoms with E-state index in [1.165, 1.54) is 7.11 Å². The number of methoxy groups -OCH3 is 1. The van der Waals surface area contributed by atoms with Crippen LogP contribution in [0.15, 0.2) is 24.3 Å². The molecule has 0 saturated carbocycles. The van der Waals surface area contributed by atoms with Crippen molar-refractivity contribution in [3.63, 3.8) is 0 Å². The number of esters is 1. The lowest BCUT2D eigenvalue weighted by atomic mass is 10.1. The molecule has 16 heavy (non-hydrogen) atoms. The average Bonchev–Trinajstić information content (AvgIpc) is 2.26. The lowest BCUT2D eigenvalue weighted by Gasteiger charge is -2.17. The van der Waals surface area contributed by atoms with Gasteiger partial charge >= 0.3 is 5.97 Å². The van der Waals surface area contributed by atoms with Crippen LogP contribution in [0.3, 0.4) is 0 Å². The van der Waals surface area contributed by atoms with Crippen molar-refractivity contribution in [2.24, 2.45) is 5.73 Å². The zero-order chi connectivity index (χ0) is 12.3. The van der Waals surface area contributed by atoms with Gasteiger partial charge in [-0.15, -0.1) is 0 Å². The van der Waals surface area contributed by atoms with Crippen LogP contribution in [0.2, 0.25) is 0 Å². The van der Waals surface area contributed by atoms with Crippen molar-refractivity contribution >= 4 is 18.4 Å². The molecule has 0 aliphatic carbocycles. The fourth-order valence-electron chi connectivity index (χ4n) is 1.49. The Morgan fingerprint density at radius 2 is 1.94 bits per heavy atom. The highest BCUT2D eigenvalue weighted by Crippen LogP contribution is 2.37. The van der Waals surface area contributed by atoms with Crippen molar-refractivity contribution in [1.29, 1.82) is 0 Å². The molecular weight excluding hydrogens is 225 g/mol. The van der Waals surface area contributed by atoms with Crippen LogP contribution in [0.4, 0.5) is 0 Å². The van der Waals surface area contributed by atoms with Gasteiger partial charge in [-0.3, -0.25) is 4.79 Å². The minimum atomic E-state index is -2.45. The van der Waals surface area contributed by atoms with Gasteiger partial charge in [0.2, 0.25) is 0 Å². The molecule has 5 heteroatoms. The zero-order valence-corrected chi connectivity index (χ0v) is 10.5. The largest absolute Gasteiger partial charge is 0.468 e. The van der Waals surface area contributed by atoms with Crippen LogP contribution in [0.1, 0.15) is 11.6 Å². The molecule has 1 rings (SSSR count). The average molecular weight is 241 g/mol. The molecule has 0 saturated heterocycles. The smallest absolute Gasteiger partial charge is 0.327 e. The normalized spacial score (nSPS) is 13.2. The van der Waals surface area contributed by atoms with Gasteiger partial charge in [0.1, 0.15) is 13.2 Å². The van der Waals surface area contributed by atoms with Crippen LogP contribution in [0.25, 0.3) is 0 Å². The highest BCUT2D eigenvalue weighted by Gasteiger charge is 2.24. The maximum atomic E-state index is 12.0. The van der Waals surface area contributed by atoms with Crippen molar-refractivity contribution in [3.05, 3.63) is 29.8 Å². The first-order valence-corrected chi connectivity index (χ1v) is 7.46. The third-order valence-electron chi connectivity index (χ3n) is 2.31. The molecule has 0 spiro atoms. The Labute approximate surface area is 95.2 Å². The van der Waals surface area contributed by atoms with Gasteiger partial charge in [-0.25, -0.2) is 0 Å². The molecule has 0 aliphatic rings. The van der Waals surface area contributed by atoms with E-state index in [1.54, 1.807) is 37.6 Å². The summed E-state index contributed by atoms with van der Waals surface area (Å²) in [5.41, 5.74) is 6.32. The second-order valence-corrected chi connectivity index (χ2v) is 7.09. The van der Waals surface area contributed by atoms with Crippen molar-refractivity contribution in [1.82, 2.24) is 0 Å². The molecule has 4 nitrogen and oxygen atoms in total. The van der Waals surface area contributed by atoms with Crippen LogP contribution >= 0.6 is 7.14 Å². The van der Waals surface area contributed by atoms with Crippen LogP contribution in [-0.2, 0) is 14.1 Å². The van der Waals surface area contributed by atoms with Crippen molar-refractivity contribution in [3.8, 4) is 0 Å². The quantitative estimate of drug-likeness (QED) is 0.635. The van der Waals surface area contributed by atoms with Gasteiger partial charge in [-0.1, -0.05) is 24.3 Å². The Balaban J connectivity index is 3.24. The molecule has 1 aromatic carbocycles. The van der Waals surface area contributed by atoms with Crippen LogP contribution in [-0.4, -0.2) is 26.4 Å². The first-order chi connectivity index (χ1) is 7.38. The molecule has 0 bridgehead atoms. The van der Waals surface area contributed by atoms with Crippen molar-refractivity contribution < 1.29 is 14.1 Å². The minimum Gasteiger partial charge on any atom is -0.468 e. The predicted octanol–water partition coefficient (Wildman–Crippen LogP) is 1.11. The van der Waals surface area contributed by atoms with Gasteiger partial charge in [0, 0.05) is 5.30 Å². The van der Waals surface area contributed by atoms with Gasteiger partial charge in [-0.05, 0) is 18.9 Å². The first kappa shape index (κ1) is 12.9. The summed E-state index contributed by atoms with van der Waals surface area (Å²) in [4.78, 5) is 11.4. The van der Waals surface area contributed by atoms with E-state index >= 15 is 0 Å². The molecule has 0 amide bonds. The van der Waals surface area contributed by atoms with Crippen molar-refractivity contribution in [2.45, 2.75) is 6.04 Å². The second kappa shape index (κ2) is 4.81. The highest BCUT2D eigenvalue weighted by atomic mass is 31.2. The van der Waals surface area contributed by atoms with Crippen LogP contribution < -0.4 is 11.0 Å². The number of benzene rings is 1. The fraction of sp³-hybridized carbons (Fsp3) is 0.364. The third-order valence-corrected chi connectivity index (χ3v) is 3.87. The maximum Gasteiger partial charge on any atom is 0.327 e. The van der Waals surface area contributed by atoms with E-state index in [1.807, 2.05) is 0 Å². The first-order valence-electron chi connectivity index (χ1n) is 4.86. The monoisotopic (exact) mass is 241 g/mol. The summed E-state index contributed by atoms with van der Waals surface area (Å²) >= 11 is 0. The number of carbonyl (C=O) groups excluding carboxylic acids is 1. The van der Waals surface area contributed by atoms with E-state index in [-0.39, 0.29) is 0 Å². The molecular formula is C11H16NO3P. The second-order valence-electron chi connectivity index (χ2n) is 3.91. The van der Waals surface area contributed by atoms with E-state index in [4.69, 9.17) is 5.73 Å². The standard InChI is InChI=1S/C11H16NO3P/c1-15-11(13)10(12)8-6-4-5-7-9(8)16(2,3)14/h4-7,10H,12H2,1-3H3. The SMILES string of the molecule is COC(=O)C(N)c1ccccc1P(C)(C)=O. The Morgan fingerprint density at radius 3 is 2.44 bits per heavy atom. The van der Waals surface area contributed by atoms with E-state index in [9.17, 15) is 9.36 Å². The Bertz CT molecular complexity index is 439. The van der Waals surface area contributed by atoms with E-state index in [0.29, 0.717) is 10.9 Å². The van der Waals surface area contributed by atoms with Gasteiger partial charge < -0.3 is 15.0 Å². The topological polar surface area (TPSA) is 69.4 Å². The zero-order valence-electron chi connectivity index (χ0n) is 9.64. The summed E-state index contributed by atoms with van der Waals surface area (Å²) in [7, 11) is -1.17. The number of carbonyl (C=O) groups is 1. The summed E-state index contributed by atoms with van der Waals surface area (Å²) < 4.78 is 16.6. The predicted molar refractivity (Wildman–Crippen MR) is 64.5 cm³/mol. The lowest BCUT2D eigenvalue weighted by Crippen LogP contribution is -2.27. The highest BCUT2D eigenvalue weighted by molar-refractivity contribution is 7.70. The van der Waals surface area contributed by atoms with Gasteiger partial charge in [0.05, 0.1) is 7.11 Å². The molecule has 0 radical (unpaired) electrons. The number of nitrogens with two attached hydrogens (primary N) is 1. The maximum absolute atomic E-state index is 12.0. The van der Waals surface area contributed by atoms with Crippen molar-refractivity contribution in [2.75, 3.05) is 20.4 Å². The Hall–Kier alpha value is -1.12. The lowest BCUT2D eigenvalue weighted by molar-refractivity contribution is -0.142. The Morgan fingerprint density at radius 1 is 1.38 bits per heavy atom. The van der Waals surface area contributed by atoms with E-state index < -0.39 is 19.2 Å².